The van der Waals surface area contributed by atoms with Crippen molar-refractivity contribution in [3.63, 3.8) is 0 Å². The zero-order valence-electron chi connectivity index (χ0n) is 15.4. The maximum atomic E-state index is 13.3. The van der Waals surface area contributed by atoms with E-state index in [1.165, 1.54) is 4.90 Å². The fourth-order valence-electron chi connectivity index (χ4n) is 3.17. The van der Waals surface area contributed by atoms with E-state index in [9.17, 15) is 9.59 Å². The molecule has 0 spiro atoms. The van der Waals surface area contributed by atoms with Gasteiger partial charge in [0.05, 0.1) is 11.3 Å². The lowest BCUT2D eigenvalue weighted by molar-refractivity contribution is -0.120. The number of hydrogen-bond donors (Lipinski definition) is 1. The van der Waals surface area contributed by atoms with E-state index in [-0.39, 0.29) is 11.6 Å². The molecule has 0 saturated carbocycles. The molecule has 1 N–H and O–H groups in total. The van der Waals surface area contributed by atoms with E-state index in [1.807, 2.05) is 55.5 Å². The standard InChI is InChI=1S/C23H16BrClN2O2/c1-14-5-7-15(8-6-14)20-21(26-18-4-2-3-16(24)13-18)23(29)27(22(20)28)19-11-9-17(25)10-12-19/h2-13,26H,1H3. The Labute approximate surface area is 181 Å². The number of carbonyl (C=O) groups is 2. The smallest absolute Gasteiger partial charge is 0.282 e. The van der Waals surface area contributed by atoms with E-state index >= 15 is 0 Å². The summed E-state index contributed by atoms with van der Waals surface area (Å²) in [6, 6.07) is 21.6. The SMILES string of the molecule is Cc1ccc(C2=C(Nc3cccc(Br)c3)C(=O)N(c3ccc(Cl)cc3)C2=O)cc1. The minimum atomic E-state index is -0.409. The Morgan fingerprint density at radius 3 is 2.24 bits per heavy atom. The second-order valence-electron chi connectivity index (χ2n) is 6.67. The number of halogens is 2. The highest BCUT2D eigenvalue weighted by atomic mass is 79.9. The van der Waals surface area contributed by atoms with Crippen molar-refractivity contribution >= 4 is 56.3 Å². The highest BCUT2D eigenvalue weighted by Crippen LogP contribution is 2.34. The van der Waals surface area contributed by atoms with E-state index < -0.39 is 5.91 Å². The lowest BCUT2D eigenvalue weighted by Crippen LogP contribution is -2.32. The Bertz CT molecular complexity index is 1140. The Balaban J connectivity index is 1.82. The van der Waals surface area contributed by atoms with Crippen molar-refractivity contribution in [1.82, 2.24) is 0 Å². The van der Waals surface area contributed by atoms with Crippen molar-refractivity contribution in [1.29, 1.82) is 0 Å². The molecule has 1 heterocycles. The van der Waals surface area contributed by atoms with Gasteiger partial charge in [-0.05, 0) is 55.0 Å². The summed E-state index contributed by atoms with van der Waals surface area (Å²) in [5.74, 6) is -0.786. The summed E-state index contributed by atoms with van der Waals surface area (Å²) < 4.78 is 0.867. The Kier molecular flexibility index (Phi) is 5.26. The van der Waals surface area contributed by atoms with Crippen LogP contribution in [0.4, 0.5) is 11.4 Å². The third kappa shape index (κ3) is 3.84. The van der Waals surface area contributed by atoms with Gasteiger partial charge in [-0.1, -0.05) is 63.4 Å². The average Bonchev–Trinajstić information content (AvgIpc) is 2.93. The number of benzene rings is 3. The van der Waals surface area contributed by atoms with Crippen LogP contribution < -0.4 is 10.2 Å². The number of nitrogens with one attached hydrogen (secondary N) is 1. The van der Waals surface area contributed by atoms with Gasteiger partial charge in [0.15, 0.2) is 0 Å². The molecule has 4 nitrogen and oxygen atoms in total. The predicted octanol–water partition coefficient (Wildman–Crippen LogP) is 5.81. The maximum absolute atomic E-state index is 13.3. The van der Waals surface area contributed by atoms with Crippen LogP contribution >= 0.6 is 27.5 Å². The predicted molar refractivity (Wildman–Crippen MR) is 120 cm³/mol. The van der Waals surface area contributed by atoms with Crippen molar-refractivity contribution in [2.75, 3.05) is 10.2 Å². The molecule has 3 aromatic carbocycles. The third-order valence-corrected chi connectivity index (χ3v) is 5.35. The van der Waals surface area contributed by atoms with Gasteiger partial charge < -0.3 is 5.32 Å². The number of carbonyl (C=O) groups excluding carboxylic acids is 2. The molecule has 29 heavy (non-hydrogen) atoms. The van der Waals surface area contributed by atoms with Gasteiger partial charge in [-0.2, -0.15) is 0 Å². The van der Waals surface area contributed by atoms with Crippen molar-refractivity contribution in [2.24, 2.45) is 0 Å². The van der Waals surface area contributed by atoms with Crippen LogP contribution in [0.15, 0.2) is 83.0 Å². The third-order valence-electron chi connectivity index (χ3n) is 4.60. The molecule has 0 aromatic heterocycles. The summed E-state index contributed by atoms with van der Waals surface area (Å²) in [5, 5.41) is 3.68. The lowest BCUT2D eigenvalue weighted by Gasteiger charge is -2.15. The van der Waals surface area contributed by atoms with Crippen LogP contribution in [0.3, 0.4) is 0 Å². The second kappa shape index (κ2) is 7.85. The van der Waals surface area contributed by atoms with Crippen LogP contribution in [0.1, 0.15) is 11.1 Å². The van der Waals surface area contributed by atoms with Gasteiger partial charge in [-0.25, -0.2) is 4.90 Å². The molecule has 1 aliphatic heterocycles. The summed E-state index contributed by atoms with van der Waals surface area (Å²) in [6.45, 7) is 1.97. The highest BCUT2D eigenvalue weighted by molar-refractivity contribution is 9.10. The topological polar surface area (TPSA) is 49.4 Å². The van der Waals surface area contributed by atoms with E-state index in [2.05, 4.69) is 21.2 Å². The first-order valence-corrected chi connectivity index (χ1v) is 10.1. The van der Waals surface area contributed by atoms with Crippen molar-refractivity contribution in [2.45, 2.75) is 6.92 Å². The van der Waals surface area contributed by atoms with Crippen molar-refractivity contribution < 1.29 is 9.59 Å². The monoisotopic (exact) mass is 466 g/mol. The van der Waals surface area contributed by atoms with Crippen LogP contribution in [-0.4, -0.2) is 11.8 Å². The number of imide groups is 1. The minimum Gasteiger partial charge on any atom is -0.350 e. The second-order valence-corrected chi connectivity index (χ2v) is 8.03. The molecule has 0 atom stereocenters. The Morgan fingerprint density at radius 2 is 1.59 bits per heavy atom. The minimum absolute atomic E-state index is 0.243. The first-order valence-electron chi connectivity index (χ1n) is 8.92. The molecule has 4 rings (SSSR count). The van der Waals surface area contributed by atoms with Crippen LogP contribution in [0.25, 0.3) is 5.57 Å². The number of nitrogens with zero attached hydrogens (tertiary/aromatic N) is 1. The number of rotatable bonds is 4. The molecule has 0 saturated heterocycles. The zero-order chi connectivity index (χ0) is 20.5. The number of amides is 2. The van der Waals surface area contributed by atoms with Crippen molar-refractivity contribution in [3.8, 4) is 0 Å². The maximum Gasteiger partial charge on any atom is 0.282 e. The van der Waals surface area contributed by atoms with Gasteiger partial charge in [0, 0.05) is 15.2 Å². The van der Waals surface area contributed by atoms with Crippen molar-refractivity contribution in [3.05, 3.63) is 99.1 Å². The van der Waals surface area contributed by atoms with E-state index in [4.69, 9.17) is 11.6 Å². The van der Waals surface area contributed by atoms with Gasteiger partial charge in [0.25, 0.3) is 11.8 Å². The summed E-state index contributed by atoms with van der Waals surface area (Å²) in [4.78, 5) is 27.8. The van der Waals surface area contributed by atoms with Gasteiger partial charge in [0.2, 0.25) is 0 Å². The van der Waals surface area contributed by atoms with Gasteiger partial charge in [-0.15, -0.1) is 0 Å². The molecule has 0 aliphatic carbocycles. The zero-order valence-corrected chi connectivity index (χ0v) is 17.8. The van der Waals surface area contributed by atoms with Crippen LogP contribution in [0.2, 0.25) is 5.02 Å². The normalized spacial score (nSPS) is 14.0. The number of anilines is 2. The van der Waals surface area contributed by atoms with E-state index in [0.29, 0.717) is 27.5 Å². The number of hydrogen-bond acceptors (Lipinski definition) is 3. The van der Waals surface area contributed by atoms with Gasteiger partial charge in [0.1, 0.15) is 5.70 Å². The fourth-order valence-corrected chi connectivity index (χ4v) is 3.69. The molecular weight excluding hydrogens is 452 g/mol. The average molecular weight is 468 g/mol. The largest absolute Gasteiger partial charge is 0.350 e. The fraction of sp³-hybridized carbons (Fsp3) is 0.0435. The molecule has 144 valence electrons. The van der Waals surface area contributed by atoms with Gasteiger partial charge >= 0.3 is 0 Å². The summed E-state index contributed by atoms with van der Waals surface area (Å²) in [6.07, 6.45) is 0. The molecule has 0 radical (unpaired) electrons. The quantitative estimate of drug-likeness (QED) is 0.493. The van der Waals surface area contributed by atoms with E-state index in [1.54, 1.807) is 24.3 Å². The Hall–Kier alpha value is -2.89. The molecular formula is C23H16BrClN2O2. The summed E-state index contributed by atoms with van der Waals surface area (Å²) in [5.41, 5.74) is 3.51. The highest BCUT2D eigenvalue weighted by Gasteiger charge is 2.40. The first-order chi connectivity index (χ1) is 13.9. The summed E-state index contributed by atoms with van der Waals surface area (Å²) >= 11 is 9.40. The number of aryl methyl sites for hydroxylation is 1. The van der Waals surface area contributed by atoms with Crippen LogP contribution in [0, 0.1) is 6.92 Å². The molecule has 0 bridgehead atoms. The summed E-state index contributed by atoms with van der Waals surface area (Å²) in [7, 11) is 0. The molecule has 1 aliphatic rings. The van der Waals surface area contributed by atoms with Crippen LogP contribution in [-0.2, 0) is 9.59 Å². The molecule has 3 aromatic rings. The molecule has 0 unspecified atom stereocenters. The van der Waals surface area contributed by atoms with Crippen LogP contribution in [0.5, 0.6) is 0 Å². The lowest BCUT2D eigenvalue weighted by atomic mass is 10.0. The first kappa shape index (κ1) is 19.4. The van der Waals surface area contributed by atoms with E-state index in [0.717, 1.165) is 10.0 Å². The molecule has 0 fully saturated rings. The van der Waals surface area contributed by atoms with Gasteiger partial charge in [-0.3, -0.25) is 9.59 Å². The molecule has 2 amide bonds. The molecule has 6 heteroatoms. The Morgan fingerprint density at radius 1 is 0.897 bits per heavy atom.